The van der Waals surface area contributed by atoms with Gasteiger partial charge in [-0.25, -0.2) is 0 Å². The molecule has 0 fully saturated rings. The molecule has 1 aromatic rings. The number of halogens is 2. The third kappa shape index (κ3) is 5.95. The quantitative estimate of drug-likeness (QED) is 0.731. The van der Waals surface area contributed by atoms with Gasteiger partial charge in [0.1, 0.15) is 0 Å². The summed E-state index contributed by atoms with van der Waals surface area (Å²) in [6.45, 7) is -0.0468. The molecule has 21 heavy (non-hydrogen) atoms. The predicted octanol–water partition coefficient (Wildman–Crippen LogP) is 1.91. The summed E-state index contributed by atoms with van der Waals surface area (Å²) in [6.07, 6.45) is 0.855. The van der Waals surface area contributed by atoms with Crippen molar-refractivity contribution in [1.29, 1.82) is 0 Å². The van der Waals surface area contributed by atoms with Gasteiger partial charge >= 0.3 is 6.61 Å². The average molecular weight is 302 g/mol. The first-order valence-electron chi connectivity index (χ1n) is 6.66. The molecule has 0 unspecified atom stereocenters. The van der Waals surface area contributed by atoms with Crippen molar-refractivity contribution >= 4 is 5.91 Å². The predicted molar refractivity (Wildman–Crippen MR) is 74.6 cm³/mol. The molecule has 0 aliphatic heterocycles. The van der Waals surface area contributed by atoms with E-state index in [2.05, 4.69) is 15.4 Å². The number of carbonyl (C=O) groups is 1. The number of hydrogen-bond acceptors (Lipinski definition) is 4. The lowest BCUT2D eigenvalue weighted by molar-refractivity contribution is -0.120. The lowest BCUT2D eigenvalue weighted by Crippen LogP contribution is -2.34. The van der Waals surface area contributed by atoms with Crippen LogP contribution in [-0.4, -0.2) is 32.7 Å². The Balaban J connectivity index is 2.63. The molecule has 0 spiro atoms. The van der Waals surface area contributed by atoms with Crippen molar-refractivity contribution in [2.24, 2.45) is 0 Å². The minimum atomic E-state index is -2.94. The van der Waals surface area contributed by atoms with Crippen molar-refractivity contribution in [2.45, 2.75) is 26.5 Å². The zero-order valence-electron chi connectivity index (χ0n) is 12.1. The van der Waals surface area contributed by atoms with E-state index in [1.165, 1.54) is 13.2 Å². The van der Waals surface area contributed by atoms with Crippen LogP contribution in [0.1, 0.15) is 18.9 Å². The van der Waals surface area contributed by atoms with Crippen LogP contribution < -0.4 is 20.1 Å². The summed E-state index contributed by atoms with van der Waals surface area (Å²) in [4.78, 5) is 11.4. The molecule has 0 heterocycles. The van der Waals surface area contributed by atoms with Crippen LogP contribution in [0.3, 0.4) is 0 Å². The topological polar surface area (TPSA) is 59.6 Å². The maximum absolute atomic E-state index is 12.4. The molecule has 7 heteroatoms. The van der Waals surface area contributed by atoms with Gasteiger partial charge in [0.25, 0.3) is 0 Å². The number of nitrogens with one attached hydrogen (secondary N) is 2. The molecule has 1 aromatic carbocycles. The van der Waals surface area contributed by atoms with Gasteiger partial charge in [0.05, 0.1) is 13.7 Å². The molecule has 5 nitrogen and oxygen atoms in total. The summed E-state index contributed by atoms with van der Waals surface area (Å²) < 4.78 is 34.4. The van der Waals surface area contributed by atoms with Crippen LogP contribution in [0.15, 0.2) is 18.2 Å². The highest BCUT2D eigenvalue weighted by atomic mass is 19.3. The van der Waals surface area contributed by atoms with Gasteiger partial charge in [-0.15, -0.1) is 0 Å². The molecule has 2 N–H and O–H groups in total. The second-order valence-electron chi connectivity index (χ2n) is 4.28. The van der Waals surface area contributed by atoms with Gasteiger partial charge in [-0.3, -0.25) is 4.79 Å². The van der Waals surface area contributed by atoms with Crippen LogP contribution >= 0.6 is 0 Å². The van der Waals surface area contributed by atoms with Gasteiger partial charge in [-0.05, 0) is 12.5 Å². The summed E-state index contributed by atoms with van der Waals surface area (Å²) in [5.74, 6) is 0.0672. The SMILES string of the molecule is CCCNC(=O)CNCc1cccc(OC)c1OC(F)F. The van der Waals surface area contributed by atoms with E-state index in [-0.39, 0.29) is 30.5 Å². The normalized spacial score (nSPS) is 10.5. The molecule has 1 amide bonds. The van der Waals surface area contributed by atoms with Gasteiger partial charge < -0.3 is 20.1 Å². The molecule has 0 radical (unpaired) electrons. The Morgan fingerprint density at radius 3 is 2.76 bits per heavy atom. The number of amides is 1. The van der Waals surface area contributed by atoms with Crippen molar-refractivity contribution in [3.8, 4) is 11.5 Å². The summed E-state index contributed by atoms with van der Waals surface area (Å²) in [6, 6.07) is 4.84. The number of benzene rings is 1. The number of para-hydroxylation sites is 1. The smallest absolute Gasteiger partial charge is 0.387 e. The van der Waals surface area contributed by atoms with Crippen LogP contribution in [0.25, 0.3) is 0 Å². The minimum Gasteiger partial charge on any atom is -0.493 e. The largest absolute Gasteiger partial charge is 0.493 e. The zero-order chi connectivity index (χ0) is 15.7. The molecule has 0 saturated carbocycles. The maximum atomic E-state index is 12.4. The third-order valence-electron chi connectivity index (χ3n) is 2.66. The monoisotopic (exact) mass is 302 g/mol. The fraction of sp³-hybridized carbons (Fsp3) is 0.500. The van der Waals surface area contributed by atoms with Gasteiger partial charge in [-0.2, -0.15) is 8.78 Å². The number of methoxy groups -OCH3 is 1. The first-order chi connectivity index (χ1) is 10.1. The van der Waals surface area contributed by atoms with Crippen LogP contribution in [-0.2, 0) is 11.3 Å². The third-order valence-corrected chi connectivity index (χ3v) is 2.66. The maximum Gasteiger partial charge on any atom is 0.387 e. The molecule has 118 valence electrons. The number of hydrogen-bond donors (Lipinski definition) is 2. The van der Waals surface area contributed by atoms with E-state index in [0.29, 0.717) is 12.1 Å². The fourth-order valence-electron chi connectivity index (χ4n) is 1.72. The minimum absolute atomic E-state index is 0.0172. The van der Waals surface area contributed by atoms with Crippen LogP contribution in [0, 0.1) is 0 Å². The van der Waals surface area contributed by atoms with E-state index in [4.69, 9.17) is 4.74 Å². The fourth-order valence-corrected chi connectivity index (χ4v) is 1.72. The Hall–Kier alpha value is -1.89. The zero-order valence-corrected chi connectivity index (χ0v) is 12.1. The molecular formula is C14H20F2N2O3. The van der Waals surface area contributed by atoms with Crippen LogP contribution in [0.5, 0.6) is 11.5 Å². The number of carbonyl (C=O) groups excluding carboxylic acids is 1. The van der Waals surface area contributed by atoms with Gasteiger partial charge in [-0.1, -0.05) is 19.1 Å². The van der Waals surface area contributed by atoms with Crippen molar-refractivity contribution < 1.29 is 23.0 Å². The van der Waals surface area contributed by atoms with Gasteiger partial charge in [0.2, 0.25) is 5.91 Å². The molecule has 0 aliphatic rings. The van der Waals surface area contributed by atoms with E-state index >= 15 is 0 Å². The van der Waals surface area contributed by atoms with E-state index in [1.807, 2.05) is 6.92 Å². The van der Waals surface area contributed by atoms with Crippen LogP contribution in [0.2, 0.25) is 0 Å². The number of ether oxygens (including phenoxy) is 2. The van der Waals surface area contributed by atoms with E-state index in [0.717, 1.165) is 6.42 Å². The Bertz CT molecular complexity index is 456. The lowest BCUT2D eigenvalue weighted by Gasteiger charge is -2.14. The second-order valence-corrected chi connectivity index (χ2v) is 4.28. The molecular weight excluding hydrogens is 282 g/mol. The summed E-state index contributed by atoms with van der Waals surface area (Å²) in [5.41, 5.74) is 0.498. The molecule has 0 aliphatic carbocycles. The average Bonchev–Trinajstić information content (AvgIpc) is 2.46. The van der Waals surface area contributed by atoms with Gasteiger partial charge in [0, 0.05) is 18.7 Å². The number of alkyl halides is 2. The molecule has 0 atom stereocenters. The van der Waals surface area contributed by atoms with E-state index in [9.17, 15) is 13.6 Å². The highest BCUT2D eigenvalue weighted by molar-refractivity contribution is 5.77. The van der Waals surface area contributed by atoms with E-state index < -0.39 is 6.61 Å². The Morgan fingerprint density at radius 1 is 1.38 bits per heavy atom. The summed E-state index contributed by atoms with van der Waals surface area (Å²) >= 11 is 0. The van der Waals surface area contributed by atoms with Crippen molar-refractivity contribution in [3.05, 3.63) is 23.8 Å². The standard InChI is InChI=1S/C14H20F2N2O3/c1-3-7-18-12(19)9-17-8-10-5-4-6-11(20-2)13(10)21-14(15)16/h4-6,14,17H,3,7-9H2,1-2H3,(H,18,19). The van der Waals surface area contributed by atoms with E-state index in [1.54, 1.807) is 12.1 Å². The highest BCUT2D eigenvalue weighted by Crippen LogP contribution is 2.32. The first-order valence-corrected chi connectivity index (χ1v) is 6.66. The van der Waals surface area contributed by atoms with Crippen molar-refractivity contribution in [2.75, 3.05) is 20.2 Å². The first kappa shape index (κ1) is 17.2. The number of rotatable bonds is 9. The Morgan fingerprint density at radius 2 is 2.14 bits per heavy atom. The Labute approximate surface area is 122 Å². The molecule has 0 aromatic heterocycles. The Kier molecular flexibility index (Phi) is 7.45. The summed E-state index contributed by atoms with van der Waals surface area (Å²) in [7, 11) is 1.38. The van der Waals surface area contributed by atoms with Crippen molar-refractivity contribution in [3.63, 3.8) is 0 Å². The molecule has 1 rings (SSSR count). The second kappa shape index (κ2) is 9.12. The molecule has 0 saturated heterocycles. The van der Waals surface area contributed by atoms with Crippen LogP contribution in [0.4, 0.5) is 8.78 Å². The molecule has 0 bridgehead atoms. The van der Waals surface area contributed by atoms with Crippen molar-refractivity contribution in [1.82, 2.24) is 10.6 Å². The highest BCUT2D eigenvalue weighted by Gasteiger charge is 2.15. The van der Waals surface area contributed by atoms with Gasteiger partial charge in [0.15, 0.2) is 11.5 Å². The lowest BCUT2D eigenvalue weighted by atomic mass is 10.2. The summed E-state index contributed by atoms with van der Waals surface area (Å²) in [5, 5.41) is 5.59.